The molecule has 44 heavy (non-hydrogen) atoms. The molecule has 0 spiro atoms. The zero-order valence-corrected chi connectivity index (χ0v) is 26.2. The van der Waals surface area contributed by atoms with Crippen LogP contribution in [0.5, 0.6) is 0 Å². The second kappa shape index (κ2) is 17.8. The summed E-state index contributed by atoms with van der Waals surface area (Å²) in [6.45, 7) is 6.79. The van der Waals surface area contributed by atoms with Crippen molar-refractivity contribution in [2.45, 2.75) is 45.7 Å². The molecule has 2 unspecified atom stereocenters. The van der Waals surface area contributed by atoms with Crippen LogP contribution in [0.1, 0.15) is 52.6 Å². The van der Waals surface area contributed by atoms with Gasteiger partial charge in [0.05, 0.1) is 6.54 Å². The van der Waals surface area contributed by atoms with Crippen molar-refractivity contribution in [2.24, 2.45) is 5.92 Å². The lowest BCUT2D eigenvalue weighted by Crippen LogP contribution is -2.52. The number of carbonyl (C=O) groups excluding carboxylic acids is 4. The van der Waals surface area contributed by atoms with E-state index in [-0.39, 0.29) is 42.1 Å². The molecule has 3 aromatic carbocycles. The molecule has 2 atom stereocenters. The van der Waals surface area contributed by atoms with E-state index in [1.54, 1.807) is 24.3 Å². The first-order chi connectivity index (χ1) is 21.2. The van der Waals surface area contributed by atoms with Crippen molar-refractivity contribution < 1.29 is 19.2 Å². The van der Waals surface area contributed by atoms with Gasteiger partial charge in [-0.15, -0.1) is 0 Å². The van der Waals surface area contributed by atoms with E-state index in [1.807, 2.05) is 75.4 Å². The highest BCUT2D eigenvalue weighted by atomic mass is 35.5. The Morgan fingerprint density at radius 3 is 2.11 bits per heavy atom. The molecule has 3 rings (SSSR count). The largest absolute Gasteiger partial charge is 0.355 e. The highest BCUT2D eigenvalue weighted by molar-refractivity contribution is 6.30. The summed E-state index contributed by atoms with van der Waals surface area (Å²) in [4.78, 5) is 51.0. The molecule has 0 bridgehead atoms. The summed E-state index contributed by atoms with van der Waals surface area (Å²) in [5.41, 5.74) is 2.82. The number of halogens is 1. The predicted molar refractivity (Wildman–Crippen MR) is 174 cm³/mol. The van der Waals surface area contributed by atoms with Crippen molar-refractivity contribution in [3.8, 4) is 0 Å². The molecule has 3 aromatic rings. The summed E-state index contributed by atoms with van der Waals surface area (Å²) in [7, 11) is 0. The quantitative estimate of drug-likeness (QED) is 0.168. The number of benzene rings is 3. The molecular weight excluding hydrogens is 578 g/mol. The highest BCUT2D eigenvalue weighted by Crippen LogP contribution is 2.11. The van der Waals surface area contributed by atoms with Crippen LogP contribution < -0.4 is 26.6 Å². The third-order valence-corrected chi connectivity index (χ3v) is 7.20. The SMILES string of the molecule is CCNC(=O)C(NC(=O)CNCC(Cc1ccccc1)NC(=O)c1cccc(C(=O)NCCc2ccc(Cl)cc2)c1)C(C)C. The smallest absolute Gasteiger partial charge is 0.251 e. The molecule has 0 radical (unpaired) electrons. The maximum atomic E-state index is 13.3. The Hall–Kier alpha value is -4.21. The standard InChI is InChI=1S/C34H42ClN5O4/c1-4-37-34(44)31(23(2)3)40-30(41)22-36-21-29(19-25-9-6-5-7-10-25)39-33(43)27-12-8-11-26(20-27)32(42)38-18-17-24-13-15-28(35)16-14-24/h5-16,20,23,29,31,36H,4,17-19,21-22H2,1-3H3,(H,37,44)(H,38,42)(H,39,43)(H,40,41). The van der Waals surface area contributed by atoms with E-state index in [2.05, 4.69) is 26.6 Å². The third kappa shape index (κ3) is 11.5. The van der Waals surface area contributed by atoms with Gasteiger partial charge in [0.25, 0.3) is 11.8 Å². The molecule has 0 aliphatic rings. The number of hydrogen-bond acceptors (Lipinski definition) is 5. The van der Waals surface area contributed by atoms with E-state index >= 15 is 0 Å². The van der Waals surface area contributed by atoms with Gasteiger partial charge in [-0.2, -0.15) is 0 Å². The van der Waals surface area contributed by atoms with E-state index in [0.29, 0.717) is 48.6 Å². The van der Waals surface area contributed by atoms with E-state index in [9.17, 15) is 19.2 Å². The van der Waals surface area contributed by atoms with Crippen molar-refractivity contribution in [2.75, 3.05) is 26.2 Å². The van der Waals surface area contributed by atoms with Crippen molar-refractivity contribution in [1.29, 1.82) is 0 Å². The molecule has 0 aromatic heterocycles. The number of rotatable bonds is 16. The van der Waals surface area contributed by atoms with Gasteiger partial charge in [-0.05, 0) is 67.1 Å². The molecule has 9 nitrogen and oxygen atoms in total. The van der Waals surface area contributed by atoms with Gasteiger partial charge in [0.2, 0.25) is 11.8 Å². The minimum Gasteiger partial charge on any atom is -0.355 e. The average molecular weight is 620 g/mol. The van der Waals surface area contributed by atoms with Gasteiger partial charge in [-0.25, -0.2) is 0 Å². The maximum Gasteiger partial charge on any atom is 0.251 e. The highest BCUT2D eigenvalue weighted by Gasteiger charge is 2.23. The molecule has 0 heterocycles. The number of carbonyl (C=O) groups is 4. The summed E-state index contributed by atoms with van der Waals surface area (Å²) in [6.07, 6.45) is 1.18. The molecular formula is C34H42ClN5O4. The van der Waals surface area contributed by atoms with Crippen molar-refractivity contribution in [3.05, 3.63) is 106 Å². The Bertz CT molecular complexity index is 1380. The van der Waals surface area contributed by atoms with E-state index in [4.69, 9.17) is 11.6 Å². The maximum absolute atomic E-state index is 13.3. The number of hydrogen-bond donors (Lipinski definition) is 5. The zero-order valence-electron chi connectivity index (χ0n) is 25.5. The lowest BCUT2D eigenvalue weighted by atomic mass is 10.0. The lowest BCUT2D eigenvalue weighted by molar-refractivity contribution is -0.129. The van der Waals surface area contributed by atoms with Crippen LogP contribution in [0, 0.1) is 5.92 Å². The Balaban J connectivity index is 1.59. The van der Waals surface area contributed by atoms with Gasteiger partial charge < -0.3 is 26.6 Å². The Morgan fingerprint density at radius 1 is 0.773 bits per heavy atom. The minimum atomic E-state index is -0.633. The van der Waals surface area contributed by atoms with Gasteiger partial charge in [0, 0.05) is 41.8 Å². The van der Waals surface area contributed by atoms with Crippen molar-refractivity contribution >= 4 is 35.2 Å². The Kier molecular flexibility index (Phi) is 13.9. The summed E-state index contributed by atoms with van der Waals surface area (Å²) in [5, 5.41) is 15.3. The van der Waals surface area contributed by atoms with Crippen LogP contribution in [0.2, 0.25) is 5.02 Å². The fraction of sp³-hybridized carbons (Fsp3) is 0.353. The number of amides is 4. The summed E-state index contributed by atoms with van der Waals surface area (Å²) >= 11 is 5.94. The van der Waals surface area contributed by atoms with Gasteiger partial charge in [-0.1, -0.05) is 74.0 Å². The van der Waals surface area contributed by atoms with Crippen molar-refractivity contribution in [3.63, 3.8) is 0 Å². The first-order valence-corrected chi connectivity index (χ1v) is 15.3. The molecule has 0 aliphatic carbocycles. The minimum absolute atomic E-state index is 0.0184. The molecule has 10 heteroatoms. The van der Waals surface area contributed by atoms with Crippen LogP contribution in [0.15, 0.2) is 78.9 Å². The summed E-state index contributed by atoms with van der Waals surface area (Å²) < 4.78 is 0. The number of nitrogens with one attached hydrogen (secondary N) is 5. The summed E-state index contributed by atoms with van der Waals surface area (Å²) in [6, 6.07) is 22.8. The average Bonchev–Trinajstić information content (AvgIpc) is 3.01. The second-order valence-corrected chi connectivity index (χ2v) is 11.3. The van der Waals surface area contributed by atoms with Crippen LogP contribution in [-0.4, -0.2) is 61.9 Å². The fourth-order valence-corrected chi connectivity index (χ4v) is 4.75. The first-order valence-electron chi connectivity index (χ1n) is 14.9. The fourth-order valence-electron chi connectivity index (χ4n) is 4.62. The monoisotopic (exact) mass is 619 g/mol. The van der Waals surface area contributed by atoms with Crippen LogP contribution in [0.4, 0.5) is 0 Å². The molecule has 234 valence electrons. The third-order valence-electron chi connectivity index (χ3n) is 6.95. The van der Waals surface area contributed by atoms with E-state index in [1.165, 1.54) is 0 Å². The first kappa shape index (κ1) is 34.3. The normalized spacial score (nSPS) is 12.2. The molecule has 0 aliphatic heterocycles. The molecule has 0 saturated heterocycles. The molecule has 5 N–H and O–H groups in total. The second-order valence-electron chi connectivity index (χ2n) is 10.9. The van der Waals surface area contributed by atoms with E-state index in [0.717, 1.165) is 11.1 Å². The van der Waals surface area contributed by atoms with Gasteiger partial charge in [0.1, 0.15) is 6.04 Å². The molecule has 0 fully saturated rings. The molecule has 4 amide bonds. The Labute approximate surface area is 264 Å². The summed E-state index contributed by atoms with van der Waals surface area (Å²) in [5.74, 6) is -1.20. The Morgan fingerprint density at radius 2 is 1.45 bits per heavy atom. The van der Waals surface area contributed by atoms with E-state index < -0.39 is 6.04 Å². The van der Waals surface area contributed by atoms with Crippen LogP contribution in [0.25, 0.3) is 0 Å². The number of likely N-dealkylation sites (N-methyl/N-ethyl adjacent to an activating group) is 1. The van der Waals surface area contributed by atoms with Crippen LogP contribution in [-0.2, 0) is 22.4 Å². The van der Waals surface area contributed by atoms with Crippen LogP contribution in [0.3, 0.4) is 0 Å². The molecule has 0 saturated carbocycles. The van der Waals surface area contributed by atoms with Crippen LogP contribution >= 0.6 is 11.6 Å². The van der Waals surface area contributed by atoms with Gasteiger partial charge in [0.15, 0.2) is 0 Å². The predicted octanol–water partition coefficient (Wildman–Crippen LogP) is 3.52. The van der Waals surface area contributed by atoms with Gasteiger partial charge >= 0.3 is 0 Å². The lowest BCUT2D eigenvalue weighted by Gasteiger charge is -2.22. The van der Waals surface area contributed by atoms with Gasteiger partial charge in [-0.3, -0.25) is 19.2 Å². The zero-order chi connectivity index (χ0) is 31.9. The van der Waals surface area contributed by atoms with Crippen molar-refractivity contribution in [1.82, 2.24) is 26.6 Å². The topological polar surface area (TPSA) is 128 Å².